The molecule has 2 nitrogen and oxygen atoms in total. The average molecular weight is 275 g/mol. The van der Waals surface area contributed by atoms with Crippen LogP contribution in [0.3, 0.4) is 0 Å². The molecule has 0 unspecified atom stereocenters. The van der Waals surface area contributed by atoms with Crippen molar-refractivity contribution in [2.45, 2.75) is 39.1 Å². The molecule has 1 rings (SSSR count). The van der Waals surface area contributed by atoms with Crippen LogP contribution < -0.4 is 5.32 Å². The van der Waals surface area contributed by atoms with Crippen molar-refractivity contribution in [3.8, 4) is 0 Å². The topological polar surface area (TPSA) is 21.3 Å². The van der Waals surface area contributed by atoms with Gasteiger partial charge in [0, 0.05) is 6.54 Å². The number of nitrogens with one attached hydrogen (secondary N) is 1. The number of hydrogen-bond acceptors (Lipinski definition) is 2. The molecule has 1 N–H and O–H groups in total. The van der Waals surface area contributed by atoms with E-state index in [4.69, 9.17) is 4.74 Å². The van der Waals surface area contributed by atoms with Crippen LogP contribution >= 0.6 is 0 Å². The highest BCUT2D eigenvalue weighted by Crippen LogP contribution is 2.19. The second kappa shape index (κ2) is 8.17. The maximum Gasteiger partial charge on any atom is 0.391 e. The Balaban J connectivity index is 2.31. The molecule has 0 spiro atoms. The summed E-state index contributed by atoms with van der Waals surface area (Å²) >= 11 is 0. The van der Waals surface area contributed by atoms with E-state index < -0.39 is 12.6 Å². The van der Waals surface area contributed by atoms with Crippen molar-refractivity contribution in [3.05, 3.63) is 35.4 Å². The summed E-state index contributed by atoms with van der Waals surface area (Å²) in [5, 5.41) is 3.28. The van der Waals surface area contributed by atoms with Gasteiger partial charge >= 0.3 is 6.18 Å². The van der Waals surface area contributed by atoms with Crippen LogP contribution in [0.2, 0.25) is 0 Å². The molecule has 0 aromatic heterocycles. The standard InChI is InChI=1S/C14H20F3NO/c1-2-7-18-10-12-4-3-5-13(9-12)11-19-8-6-14(15,16)17/h3-5,9,18H,2,6-8,10-11H2,1H3. The summed E-state index contributed by atoms with van der Waals surface area (Å²) in [7, 11) is 0. The second-order valence-electron chi connectivity index (χ2n) is 4.41. The molecule has 0 aliphatic heterocycles. The van der Waals surface area contributed by atoms with Crippen LogP contribution in [0.5, 0.6) is 0 Å². The van der Waals surface area contributed by atoms with Gasteiger partial charge in [0.2, 0.25) is 0 Å². The zero-order valence-corrected chi connectivity index (χ0v) is 11.1. The molecule has 5 heteroatoms. The minimum Gasteiger partial charge on any atom is -0.376 e. The summed E-state index contributed by atoms with van der Waals surface area (Å²) < 4.78 is 40.8. The maximum absolute atomic E-state index is 11.9. The van der Waals surface area contributed by atoms with Crippen LogP contribution in [-0.4, -0.2) is 19.3 Å². The minimum absolute atomic E-state index is 0.220. The fourth-order valence-electron chi connectivity index (χ4n) is 1.62. The van der Waals surface area contributed by atoms with E-state index in [-0.39, 0.29) is 13.2 Å². The Hall–Kier alpha value is -1.07. The first-order valence-electron chi connectivity index (χ1n) is 6.44. The maximum atomic E-state index is 11.9. The number of benzene rings is 1. The van der Waals surface area contributed by atoms with Gasteiger partial charge in [-0.3, -0.25) is 0 Å². The van der Waals surface area contributed by atoms with Gasteiger partial charge in [0.05, 0.1) is 19.6 Å². The molecular formula is C14H20F3NO. The van der Waals surface area contributed by atoms with Gasteiger partial charge in [-0.1, -0.05) is 31.2 Å². The molecule has 19 heavy (non-hydrogen) atoms. The van der Waals surface area contributed by atoms with Crippen molar-refractivity contribution in [1.29, 1.82) is 0 Å². The molecule has 0 aliphatic rings. The monoisotopic (exact) mass is 275 g/mol. The summed E-state index contributed by atoms with van der Waals surface area (Å²) in [5.41, 5.74) is 2.02. The Bertz CT molecular complexity index is 366. The molecule has 108 valence electrons. The third-order valence-electron chi connectivity index (χ3n) is 2.55. The zero-order valence-electron chi connectivity index (χ0n) is 11.1. The predicted molar refractivity (Wildman–Crippen MR) is 68.8 cm³/mol. The van der Waals surface area contributed by atoms with E-state index in [9.17, 15) is 13.2 Å². The predicted octanol–water partition coefficient (Wildman–Crippen LogP) is 3.66. The molecule has 0 saturated carbocycles. The van der Waals surface area contributed by atoms with E-state index in [0.29, 0.717) is 0 Å². The van der Waals surface area contributed by atoms with Crippen molar-refractivity contribution in [3.63, 3.8) is 0 Å². The first-order valence-corrected chi connectivity index (χ1v) is 6.44. The third-order valence-corrected chi connectivity index (χ3v) is 2.55. The zero-order chi connectivity index (χ0) is 14.1. The molecule has 0 aliphatic carbocycles. The lowest BCUT2D eigenvalue weighted by atomic mass is 10.1. The number of halogens is 3. The van der Waals surface area contributed by atoms with Gasteiger partial charge in [-0.25, -0.2) is 0 Å². The quantitative estimate of drug-likeness (QED) is 0.731. The lowest BCUT2D eigenvalue weighted by Gasteiger charge is -2.09. The molecule has 0 radical (unpaired) electrons. The highest BCUT2D eigenvalue weighted by atomic mass is 19.4. The third kappa shape index (κ3) is 7.85. The van der Waals surface area contributed by atoms with Crippen LogP contribution in [0.15, 0.2) is 24.3 Å². The van der Waals surface area contributed by atoms with Crippen molar-refractivity contribution in [2.75, 3.05) is 13.2 Å². The van der Waals surface area contributed by atoms with E-state index in [1.165, 1.54) is 0 Å². The molecular weight excluding hydrogens is 255 g/mol. The molecule has 0 atom stereocenters. The lowest BCUT2D eigenvalue weighted by molar-refractivity contribution is -0.146. The Morgan fingerprint density at radius 2 is 1.95 bits per heavy atom. The van der Waals surface area contributed by atoms with E-state index in [0.717, 1.165) is 30.6 Å². The Labute approximate surface area is 112 Å². The van der Waals surface area contributed by atoms with Gasteiger partial charge in [0.15, 0.2) is 0 Å². The molecule has 1 aromatic rings. The number of alkyl halides is 3. The van der Waals surface area contributed by atoms with Crippen LogP contribution in [0, 0.1) is 0 Å². The summed E-state index contributed by atoms with van der Waals surface area (Å²) in [5.74, 6) is 0. The minimum atomic E-state index is -4.15. The van der Waals surface area contributed by atoms with E-state index >= 15 is 0 Å². The smallest absolute Gasteiger partial charge is 0.376 e. The molecule has 0 heterocycles. The van der Waals surface area contributed by atoms with Gasteiger partial charge in [-0.15, -0.1) is 0 Å². The van der Waals surface area contributed by atoms with Crippen molar-refractivity contribution in [1.82, 2.24) is 5.32 Å². The fourth-order valence-corrected chi connectivity index (χ4v) is 1.62. The van der Waals surface area contributed by atoms with Crippen molar-refractivity contribution < 1.29 is 17.9 Å². The van der Waals surface area contributed by atoms with Crippen molar-refractivity contribution in [2.24, 2.45) is 0 Å². The van der Waals surface area contributed by atoms with Crippen LogP contribution in [0.25, 0.3) is 0 Å². The van der Waals surface area contributed by atoms with Crippen LogP contribution in [-0.2, 0) is 17.9 Å². The molecule has 0 bridgehead atoms. The first kappa shape index (κ1) is 16.0. The van der Waals surface area contributed by atoms with Gasteiger partial charge in [0.1, 0.15) is 0 Å². The molecule has 0 amide bonds. The molecule has 0 fully saturated rings. The highest BCUT2D eigenvalue weighted by molar-refractivity contribution is 5.22. The van der Waals surface area contributed by atoms with E-state index in [1.807, 2.05) is 24.3 Å². The fraction of sp³-hybridized carbons (Fsp3) is 0.571. The van der Waals surface area contributed by atoms with Gasteiger partial charge < -0.3 is 10.1 Å². The second-order valence-corrected chi connectivity index (χ2v) is 4.41. The Morgan fingerprint density at radius 1 is 1.21 bits per heavy atom. The molecule has 1 aromatic carbocycles. The van der Waals surface area contributed by atoms with E-state index in [1.54, 1.807) is 0 Å². The number of rotatable bonds is 8. The summed E-state index contributed by atoms with van der Waals surface area (Å²) in [6.45, 7) is 3.74. The summed E-state index contributed by atoms with van der Waals surface area (Å²) in [6.07, 6.45) is -3.98. The molecule has 0 saturated heterocycles. The van der Waals surface area contributed by atoms with Crippen LogP contribution in [0.4, 0.5) is 13.2 Å². The van der Waals surface area contributed by atoms with Crippen molar-refractivity contribution >= 4 is 0 Å². The summed E-state index contributed by atoms with van der Waals surface area (Å²) in [4.78, 5) is 0. The Morgan fingerprint density at radius 3 is 2.63 bits per heavy atom. The first-order chi connectivity index (χ1) is 9.01. The highest BCUT2D eigenvalue weighted by Gasteiger charge is 2.26. The largest absolute Gasteiger partial charge is 0.391 e. The van der Waals surface area contributed by atoms with Crippen LogP contribution in [0.1, 0.15) is 30.9 Å². The van der Waals surface area contributed by atoms with Gasteiger partial charge in [-0.05, 0) is 24.1 Å². The number of hydrogen-bond donors (Lipinski definition) is 1. The summed E-state index contributed by atoms with van der Waals surface area (Å²) in [6, 6.07) is 7.69. The number of ether oxygens (including phenoxy) is 1. The van der Waals surface area contributed by atoms with Gasteiger partial charge in [0.25, 0.3) is 0 Å². The Kier molecular flexibility index (Phi) is 6.87. The van der Waals surface area contributed by atoms with E-state index in [2.05, 4.69) is 12.2 Å². The lowest BCUT2D eigenvalue weighted by Crippen LogP contribution is -2.14. The SMILES string of the molecule is CCCNCc1cccc(COCCC(F)(F)F)c1. The normalized spacial score (nSPS) is 11.8. The average Bonchev–Trinajstić information content (AvgIpc) is 2.35. The van der Waals surface area contributed by atoms with Gasteiger partial charge in [-0.2, -0.15) is 13.2 Å².